The molecule has 1 heterocycles. The Balaban J connectivity index is 1.57. The van der Waals surface area contributed by atoms with Gasteiger partial charge in [-0.15, -0.1) is 0 Å². The zero-order valence-electron chi connectivity index (χ0n) is 19.1. The van der Waals surface area contributed by atoms with E-state index in [1.165, 1.54) is 36.4 Å². The van der Waals surface area contributed by atoms with Crippen molar-refractivity contribution in [1.82, 2.24) is 14.7 Å². The van der Waals surface area contributed by atoms with Gasteiger partial charge in [-0.25, -0.2) is 23.2 Å². The summed E-state index contributed by atoms with van der Waals surface area (Å²) in [6, 6.07) is 22.7. The smallest absolute Gasteiger partial charge is 0.332 e. The largest absolute Gasteiger partial charge is 0.480 e. The topological polar surface area (TPSA) is 138 Å². The third-order valence-electron chi connectivity index (χ3n) is 5.44. The van der Waals surface area contributed by atoms with E-state index in [4.69, 9.17) is 0 Å². The lowest BCUT2D eigenvalue weighted by atomic mass is 9.91. The number of carbonyl (C=O) groups is 2. The number of hydrogen-bond donors (Lipinski definition) is 3. The summed E-state index contributed by atoms with van der Waals surface area (Å²) in [7, 11) is -4.27. The van der Waals surface area contributed by atoms with Crippen LogP contribution in [-0.2, 0) is 14.8 Å². The second-order valence-electron chi connectivity index (χ2n) is 8.03. The minimum absolute atomic E-state index is 0.0476. The number of nitrogens with one attached hydrogen (secondary N) is 2. The Morgan fingerprint density at radius 3 is 2.14 bits per heavy atom. The van der Waals surface area contributed by atoms with Crippen molar-refractivity contribution in [3.8, 4) is 11.1 Å². The molecule has 0 saturated heterocycles. The first-order chi connectivity index (χ1) is 17.2. The lowest BCUT2D eigenvalue weighted by Crippen LogP contribution is -2.57. The number of aromatic nitrogens is 2. The molecule has 36 heavy (non-hydrogen) atoms. The first kappa shape index (κ1) is 24.7. The average molecular weight is 503 g/mol. The van der Waals surface area contributed by atoms with E-state index in [-0.39, 0.29) is 10.5 Å². The van der Waals surface area contributed by atoms with Gasteiger partial charge in [0.05, 0.1) is 4.90 Å². The van der Waals surface area contributed by atoms with Gasteiger partial charge in [0.2, 0.25) is 16.0 Å². The molecule has 3 N–H and O–H groups in total. The van der Waals surface area contributed by atoms with Crippen LogP contribution in [0.1, 0.15) is 17.3 Å². The molecule has 0 saturated carbocycles. The van der Waals surface area contributed by atoms with E-state index in [1.807, 2.05) is 24.3 Å². The molecule has 0 radical (unpaired) electrons. The van der Waals surface area contributed by atoms with Crippen molar-refractivity contribution in [3.63, 3.8) is 0 Å². The van der Waals surface area contributed by atoms with Crippen molar-refractivity contribution in [2.24, 2.45) is 0 Å². The van der Waals surface area contributed by atoms with Gasteiger partial charge in [0.25, 0.3) is 0 Å². The van der Waals surface area contributed by atoms with Crippen LogP contribution >= 0.6 is 0 Å². The Morgan fingerprint density at radius 2 is 1.50 bits per heavy atom. The number of sulfonamides is 1. The van der Waals surface area contributed by atoms with Crippen LogP contribution in [0, 0.1) is 0 Å². The monoisotopic (exact) mass is 502 g/mol. The van der Waals surface area contributed by atoms with Crippen molar-refractivity contribution in [2.45, 2.75) is 17.4 Å². The zero-order valence-corrected chi connectivity index (χ0v) is 19.9. The minimum atomic E-state index is -4.27. The summed E-state index contributed by atoms with van der Waals surface area (Å²) in [5.41, 5.74) is 0.00110. The lowest BCUT2D eigenvalue weighted by molar-refractivity contribution is -0.141. The van der Waals surface area contributed by atoms with E-state index >= 15 is 0 Å². The van der Waals surface area contributed by atoms with Gasteiger partial charge in [-0.05, 0) is 48.4 Å². The van der Waals surface area contributed by atoms with Gasteiger partial charge in [0.1, 0.15) is 0 Å². The molecule has 4 aromatic rings. The van der Waals surface area contributed by atoms with E-state index in [2.05, 4.69) is 20.0 Å². The van der Waals surface area contributed by atoms with Crippen LogP contribution in [0.4, 0.5) is 11.6 Å². The summed E-state index contributed by atoms with van der Waals surface area (Å²) >= 11 is 0. The molecule has 182 valence electrons. The van der Waals surface area contributed by atoms with Gasteiger partial charge < -0.3 is 10.4 Å². The maximum Gasteiger partial charge on any atom is 0.332 e. The Hall–Kier alpha value is -4.41. The highest BCUT2D eigenvalue weighted by molar-refractivity contribution is 7.89. The SMILES string of the molecule is CC(NS(=O)(=O)c1ccccc1)(C(=O)O)C(=O)c1ccc(-c2cccc(Nc3ncccn3)c2)cc1. The first-order valence-corrected chi connectivity index (χ1v) is 12.3. The minimum Gasteiger partial charge on any atom is -0.480 e. The van der Waals surface area contributed by atoms with Crippen LogP contribution in [0.15, 0.2) is 102 Å². The molecule has 0 aliphatic rings. The van der Waals surface area contributed by atoms with E-state index in [0.717, 1.165) is 23.7 Å². The van der Waals surface area contributed by atoms with Crippen molar-refractivity contribution in [1.29, 1.82) is 0 Å². The molecule has 4 rings (SSSR count). The number of Topliss-reactive ketones (excluding diaryl/α,β-unsaturated/α-hetero) is 1. The Bertz CT molecular complexity index is 1490. The molecule has 0 fully saturated rings. The normalized spacial score (nSPS) is 12.9. The van der Waals surface area contributed by atoms with Gasteiger partial charge in [-0.2, -0.15) is 4.72 Å². The number of ketones is 1. The Morgan fingerprint density at radius 1 is 0.833 bits per heavy atom. The molecular formula is C26H22N4O5S. The molecular weight excluding hydrogens is 480 g/mol. The second-order valence-corrected chi connectivity index (χ2v) is 9.72. The highest BCUT2D eigenvalue weighted by Crippen LogP contribution is 2.26. The predicted octanol–water partition coefficient (Wildman–Crippen LogP) is 3.89. The Labute approximate surface area is 207 Å². The molecule has 1 unspecified atom stereocenters. The van der Waals surface area contributed by atoms with Gasteiger partial charge in [-0.1, -0.05) is 54.6 Å². The fraction of sp³-hybridized carbons (Fsp3) is 0.0769. The lowest BCUT2D eigenvalue weighted by Gasteiger charge is -2.24. The summed E-state index contributed by atoms with van der Waals surface area (Å²) in [5.74, 6) is -2.06. The number of rotatable bonds is 9. The highest BCUT2D eigenvalue weighted by atomic mass is 32.2. The molecule has 0 aliphatic carbocycles. The molecule has 1 atom stereocenters. The third kappa shape index (κ3) is 5.29. The van der Waals surface area contributed by atoms with Gasteiger partial charge in [0, 0.05) is 23.6 Å². The summed E-state index contributed by atoms with van der Waals surface area (Å²) in [4.78, 5) is 33.4. The quantitative estimate of drug-likeness (QED) is 0.231. The molecule has 1 aromatic heterocycles. The van der Waals surface area contributed by atoms with Gasteiger partial charge >= 0.3 is 5.97 Å². The van der Waals surface area contributed by atoms with Crippen molar-refractivity contribution in [2.75, 3.05) is 5.32 Å². The van der Waals surface area contributed by atoms with E-state index in [0.29, 0.717) is 5.95 Å². The summed E-state index contributed by atoms with van der Waals surface area (Å²) < 4.78 is 27.6. The first-order valence-electron chi connectivity index (χ1n) is 10.8. The number of carbonyl (C=O) groups excluding carboxylic acids is 1. The second kappa shape index (κ2) is 10.1. The van der Waals surface area contributed by atoms with Crippen molar-refractivity contribution < 1.29 is 23.1 Å². The number of carboxylic acids is 1. The summed E-state index contributed by atoms with van der Waals surface area (Å²) in [6.07, 6.45) is 3.25. The van der Waals surface area contributed by atoms with E-state index < -0.39 is 27.3 Å². The van der Waals surface area contributed by atoms with Crippen molar-refractivity contribution >= 4 is 33.4 Å². The summed E-state index contributed by atoms with van der Waals surface area (Å²) in [5, 5.41) is 12.9. The number of nitrogens with zero attached hydrogens (tertiary/aromatic N) is 2. The average Bonchev–Trinajstić information content (AvgIpc) is 2.89. The van der Waals surface area contributed by atoms with E-state index in [1.54, 1.807) is 36.7 Å². The number of benzene rings is 3. The van der Waals surface area contributed by atoms with Crippen LogP contribution in [0.5, 0.6) is 0 Å². The van der Waals surface area contributed by atoms with E-state index in [9.17, 15) is 23.1 Å². The number of hydrogen-bond acceptors (Lipinski definition) is 7. The number of carboxylic acid groups (broad SMARTS) is 1. The Kier molecular flexibility index (Phi) is 6.91. The fourth-order valence-corrected chi connectivity index (χ4v) is 4.84. The fourth-order valence-electron chi connectivity index (χ4n) is 3.49. The van der Waals surface area contributed by atoms with Crippen molar-refractivity contribution in [3.05, 3.63) is 103 Å². The molecule has 0 aliphatic heterocycles. The van der Waals surface area contributed by atoms with Gasteiger partial charge in [-0.3, -0.25) is 4.79 Å². The highest BCUT2D eigenvalue weighted by Gasteiger charge is 2.45. The summed E-state index contributed by atoms with van der Waals surface area (Å²) in [6.45, 7) is 1.03. The molecule has 3 aromatic carbocycles. The van der Waals surface area contributed by atoms with Crippen LogP contribution in [0.25, 0.3) is 11.1 Å². The molecule has 0 amide bonds. The standard InChI is InChI=1S/C26H22N4O5S/c1-26(24(32)33,30-36(34,35)22-9-3-2-4-10-22)23(31)19-13-11-18(12-14-19)20-7-5-8-21(17-20)29-25-27-15-6-16-28-25/h2-17,30H,1H3,(H,32,33)(H,27,28,29). The van der Waals surface area contributed by atoms with Crippen LogP contribution in [-0.4, -0.2) is 40.8 Å². The molecule has 0 spiro atoms. The molecule has 9 nitrogen and oxygen atoms in total. The zero-order chi connectivity index (χ0) is 25.8. The van der Waals surface area contributed by atoms with Gasteiger partial charge in [0.15, 0.2) is 11.3 Å². The maximum absolute atomic E-state index is 13.2. The van der Waals surface area contributed by atoms with Crippen LogP contribution in [0.2, 0.25) is 0 Å². The third-order valence-corrected chi connectivity index (χ3v) is 7.01. The number of anilines is 2. The number of aliphatic carboxylic acids is 1. The molecule has 10 heteroatoms. The molecule has 0 bridgehead atoms. The van der Waals surface area contributed by atoms with Crippen LogP contribution < -0.4 is 10.0 Å². The van der Waals surface area contributed by atoms with Crippen LogP contribution in [0.3, 0.4) is 0 Å². The predicted molar refractivity (Wildman–Crippen MR) is 134 cm³/mol. The maximum atomic E-state index is 13.2.